The monoisotopic (exact) mass is 306 g/mol. The molecular formula is C11H12BrClOS. The minimum atomic E-state index is 0.129. The third-order valence-electron chi connectivity index (χ3n) is 2.08. The highest BCUT2D eigenvalue weighted by Crippen LogP contribution is 2.26. The average molecular weight is 308 g/mol. The molecule has 0 aromatic heterocycles. The quantitative estimate of drug-likeness (QED) is 0.462. The summed E-state index contributed by atoms with van der Waals surface area (Å²) in [6.07, 6.45) is 2.38. The standard InChI is InChI=1S/C11H12BrClOS/c1-15-10-4-2-3-8(7-12)11(10)9(14)5-6-13/h2-4H,5-7H2,1H3. The fraction of sp³-hybridized carbons (Fsp3) is 0.364. The van der Waals surface area contributed by atoms with Crippen molar-refractivity contribution < 1.29 is 4.79 Å². The Morgan fingerprint density at radius 2 is 2.27 bits per heavy atom. The van der Waals surface area contributed by atoms with Crippen molar-refractivity contribution in [1.29, 1.82) is 0 Å². The number of rotatable bonds is 5. The number of alkyl halides is 2. The lowest BCUT2D eigenvalue weighted by molar-refractivity contribution is 0.0986. The second-order valence-electron chi connectivity index (χ2n) is 2.99. The first-order valence-electron chi connectivity index (χ1n) is 4.55. The van der Waals surface area contributed by atoms with Gasteiger partial charge in [-0.15, -0.1) is 23.4 Å². The van der Waals surface area contributed by atoms with Crippen LogP contribution in [0.5, 0.6) is 0 Å². The number of carbonyl (C=O) groups excluding carboxylic acids is 1. The highest BCUT2D eigenvalue weighted by Gasteiger charge is 2.14. The van der Waals surface area contributed by atoms with Crippen LogP contribution in [0.3, 0.4) is 0 Å². The van der Waals surface area contributed by atoms with E-state index >= 15 is 0 Å². The maximum atomic E-state index is 11.9. The Morgan fingerprint density at radius 1 is 1.53 bits per heavy atom. The van der Waals surface area contributed by atoms with Crippen LogP contribution in [0, 0.1) is 0 Å². The van der Waals surface area contributed by atoms with Gasteiger partial charge in [-0.1, -0.05) is 28.1 Å². The Balaban J connectivity index is 3.15. The van der Waals surface area contributed by atoms with Crippen molar-refractivity contribution in [3.05, 3.63) is 29.3 Å². The maximum Gasteiger partial charge on any atom is 0.165 e. The summed E-state index contributed by atoms with van der Waals surface area (Å²) in [4.78, 5) is 12.9. The van der Waals surface area contributed by atoms with Gasteiger partial charge >= 0.3 is 0 Å². The van der Waals surface area contributed by atoms with Gasteiger partial charge in [0.05, 0.1) is 0 Å². The Bertz CT molecular complexity index is 332. The van der Waals surface area contributed by atoms with Crippen molar-refractivity contribution in [2.45, 2.75) is 16.6 Å². The molecule has 0 radical (unpaired) electrons. The predicted molar refractivity (Wildman–Crippen MR) is 70.5 cm³/mol. The zero-order chi connectivity index (χ0) is 11.3. The summed E-state index contributed by atoms with van der Waals surface area (Å²) in [6, 6.07) is 5.91. The van der Waals surface area contributed by atoms with Crippen LogP contribution in [-0.4, -0.2) is 17.9 Å². The lowest BCUT2D eigenvalue weighted by Crippen LogP contribution is -2.05. The van der Waals surface area contributed by atoms with Crippen LogP contribution in [-0.2, 0) is 5.33 Å². The van der Waals surface area contributed by atoms with Crippen molar-refractivity contribution >= 4 is 45.1 Å². The minimum absolute atomic E-state index is 0.129. The lowest BCUT2D eigenvalue weighted by atomic mass is 10.0. The lowest BCUT2D eigenvalue weighted by Gasteiger charge is -2.10. The molecule has 0 amide bonds. The van der Waals surface area contributed by atoms with Crippen LogP contribution in [0.1, 0.15) is 22.3 Å². The Hall–Kier alpha value is 0.01000. The number of thioether (sulfide) groups is 1. The van der Waals surface area contributed by atoms with Gasteiger partial charge in [0.25, 0.3) is 0 Å². The van der Waals surface area contributed by atoms with E-state index < -0.39 is 0 Å². The van der Waals surface area contributed by atoms with Gasteiger partial charge in [-0.3, -0.25) is 4.79 Å². The molecule has 82 valence electrons. The molecule has 0 spiro atoms. The molecule has 0 heterocycles. The molecule has 0 fully saturated rings. The number of benzene rings is 1. The second-order valence-corrected chi connectivity index (χ2v) is 4.78. The summed E-state index contributed by atoms with van der Waals surface area (Å²) in [6.45, 7) is 0. The molecule has 0 aliphatic rings. The Morgan fingerprint density at radius 3 is 2.80 bits per heavy atom. The van der Waals surface area contributed by atoms with Crippen LogP contribution in [0.15, 0.2) is 23.1 Å². The smallest absolute Gasteiger partial charge is 0.165 e. The van der Waals surface area contributed by atoms with E-state index in [0.29, 0.717) is 17.6 Å². The summed E-state index contributed by atoms with van der Waals surface area (Å²) in [7, 11) is 0. The molecule has 0 saturated carbocycles. The molecule has 0 N–H and O–H groups in total. The molecule has 15 heavy (non-hydrogen) atoms. The van der Waals surface area contributed by atoms with Gasteiger partial charge in [-0.25, -0.2) is 0 Å². The largest absolute Gasteiger partial charge is 0.294 e. The van der Waals surface area contributed by atoms with Gasteiger partial charge in [-0.05, 0) is 17.9 Å². The van der Waals surface area contributed by atoms with Crippen LogP contribution >= 0.6 is 39.3 Å². The molecule has 1 nitrogen and oxygen atoms in total. The molecule has 0 aliphatic carbocycles. The van der Waals surface area contributed by atoms with Crippen LogP contribution in [0.4, 0.5) is 0 Å². The number of Topliss-reactive ketones (excluding diaryl/α,β-unsaturated/α-hetero) is 1. The molecule has 4 heteroatoms. The zero-order valence-electron chi connectivity index (χ0n) is 8.43. The molecule has 1 rings (SSSR count). The highest BCUT2D eigenvalue weighted by molar-refractivity contribution is 9.08. The van der Waals surface area contributed by atoms with Gasteiger partial charge in [0.1, 0.15) is 0 Å². The van der Waals surface area contributed by atoms with Crippen molar-refractivity contribution in [3.8, 4) is 0 Å². The minimum Gasteiger partial charge on any atom is -0.294 e. The van der Waals surface area contributed by atoms with E-state index in [2.05, 4.69) is 15.9 Å². The molecule has 1 aromatic rings. The van der Waals surface area contributed by atoms with Gasteiger partial charge < -0.3 is 0 Å². The van der Waals surface area contributed by atoms with Crippen molar-refractivity contribution in [2.75, 3.05) is 12.1 Å². The SMILES string of the molecule is CSc1cccc(CBr)c1C(=O)CCCl. The topological polar surface area (TPSA) is 17.1 Å². The average Bonchev–Trinajstić information content (AvgIpc) is 2.28. The molecule has 1 aromatic carbocycles. The van der Waals surface area contributed by atoms with E-state index in [9.17, 15) is 4.79 Å². The van der Waals surface area contributed by atoms with Crippen molar-refractivity contribution in [3.63, 3.8) is 0 Å². The number of halogens is 2. The number of hydrogen-bond donors (Lipinski definition) is 0. The molecule has 0 saturated heterocycles. The fourth-order valence-corrected chi connectivity index (χ4v) is 2.69. The summed E-state index contributed by atoms with van der Waals surface area (Å²) < 4.78 is 0. The van der Waals surface area contributed by atoms with Gasteiger partial charge in [0.2, 0.25) is 0 Å². The van der Waals surface area contributed by atoms with Crippen LogP contribution < -0.4 is 0 Å². The van der Waals surface area contributed by atoms with Crippen LogP contribution in [0.25, 0.3) is 0 Å². The fourth-order valence-electron chi connectivity index (χ4n) is 1.39. The van der Waals surface area contributed by atoms with Crippen LogP contribution in [0.2, 0.25) is 0 Å². The predicted octanol–water partition coefficient (Wildman–Crippen LogP) is 4.12. The summed E-state index contributed by atoms with van der Waals surface area (Å²) >= 11 is 10.6. The molecular weight excluding hydrogens is 296 g/mol. The molecule has 0 atom stereocenters. The first kappa shape index (κ1) is 13.1. The maximum absolute atomic E-state index is 11.9. The highest BCUT2D eigenvalue weighted by atomic mass is 79.9. The van der Waals surface area contributed by atoms with E-state index in [1.54, 1.807) is 11.8 Å². The third-order valence-corrected chi connectivity index (χ3v) is 3.65. The normalized spacial score (nSPS) is 10.3. The second kappa shape index (κ2) is 6.56. The Kier molecular flexibility index (Phi) is 5.72. The zero-order valence-corrected chi connectivity index (χ0v) is 11.6. The first-order chi connectivity index (χ1) is 7.24. The van der Waals surface area contributed by atoms with E-state index in [4.69, 9.17) is 11.6 Å². The van der Waals surface area contributed by atoms with E-state index in [0.717, 1.165) is 16.0 Å². The Labute approximate surface area is 108 Å². The van der Waals surface area contributed by atoms with E-state index in [-0.39, 0.29) is 5.78 Å². The number of carbonyl (C=O) groups is 1. The van der Waals surface area contributed by atoms with Crippen molar-refractivity contribution in [1.82, 2.24) is 0 Å². The number of hydrogen-bond acceptors (Lipinski definition) is 2. The third kappa shape index (κ3) is 3.23. The molecule has 0 unspecified atom stereocenters. The summed E-state index contributed by atoms with van der Waals surface area (Å²) in [5.74, 6) is 0.507. The molecule has 0 bridgehead atoms. The molecule has 0 aliphatic heterocycles. The van der Waals surface area contributed by atoms with Crippen molar-refractivity contribution in [2.24, 2.45) is 0 Å². The first-order valence-corrected chi connectivity index (χ1v) is 7.43. The summed E-state index contributed by atoms with van der Waals surface area (Å²) in [5.41, 5.74) is 1.86. The van der Waals surface area contributed by atoms with E-state index in [1.165, 1.54) is 0 Å². The van der Waals surface area contributed by atoms with Gasteiger partial charge in [-0.2, -0.15) is 0 Å². The van der Waals surface area contributed by atoms with Gasteiger partial charge in [0, 0.05) is 28.1 Å². The van der Waals surface area contributed by atoms with Gasteiger partial charge in [0.15, 0.2) is 5.78 Å². The summed E-state index contributed by atoms with van der Waals surface area (Å²) in [5, 5.41) is 0.699. The number of ketones is 1. The van der Waals surface area contributed by atoms with E-state index in [1.807, 2.05) is 24.5 Å².